The van der Waals surface area contributed by atoms with Crippen molar-refractivity contribution in [2.24, 2.45) is 0 Å². The van der Waals surface area contributed by atoms with Crippen LogP contribution < -0.4 is 10.2 Å². The van der Waals surface area contributed by atoms with E-state index in [9.17, 15) is 4.39 Å². The van der Waals surface area contributed by atoms with Gasteiger partial charge < -0.3 is 15.3 Å². The van der Waals surface area contributed by atoms with E-state index in [0.717, 1.165) is 5.69 Å². The predicted octanol–water partition coefficient (Wildman–Crippen LogP) is 1.79. The van der Waals surface area contributed by atoms with Crippen molar-refractivity contribution in [2.75, 3.05) is 30.4 Å². The van der Waals surface area contributed by atoms with E-state index in [1.807, 2.05) is 11.9 Å². The quantitative estimate of drug-likeness (QED) is 0.860. The lowest BCUT2D eigenvalue weighted by molar-refractivity contribution is 0.311. The van der Waals surface area contributed by atoms with Gasteiger partial charge in [0.05, 0.1) is 6.61 Å². The third-order valence-electron chi connectivity index (χ3n) is 2.63. The number of rotatable bonds is 5. The average Bonchev–Trinajstić information content (AvgIpc) is 2.45. The molecule has 1 heterocycles. The Morgan fingerprint density at radius 2 is 2.00 bits per heavy atom. The minimum absolute atomic E-state index is 0.0349. The summed E-state index contributed by atoms with van der Waals surface area (Å²) < 4.78 is 12.9. The van der Waals surface area contributed by atoms with Gasteiger partial charge in [-0.2, -0.15) is 0 Å². The number of nitrogens with one attached hydrogen (secondary N) is 1. The molecule has 0 unspecified atom stereocenters. The molecule has 0 aliphatic carbocycles. The van der Waals surface area contributed by atoms with E-state index in [1.165, 1.54) is 18.5 Å². The highest BCUT2D eigenvalue weighted by Crippen LogP contribution is 2.22. The Hall–Kier alpha value is -2.21. The molecule has 0 spiro atoms. The molecule has 0 saturated carbocycles. The fourth-order valence-corrected chi connectivity index (χ4v) is 1.61. The molecule has 0 radical (unpaired) electrons. The van der Waals surface area contributed by atoms with Gasteiger partial charge in [0.1, 0.15) is 23.8 Å². The minimum Gasteiger partial charge on any atom is -0.395 e. The summed E-state index contributed by atoms with van der Waals surface area (Å²) in [7, 11) is 1.84. The second kappa shape index (κ2) is 6.10. The number of nitrogens with zero attached hydrogens (tertiary/aromatic N) is 3. The molecule has 0 aliphatic rings. The van der Waals surface area contributed by atoms with Gasteiger partial charge >= 0.3 is 0 Å². The first kappa shape index (κ1) is 13.2. The van der Waals surface area contributed by atoms with Crippen molar-refractivity contribution in [3.8, 4) is 0 Å². The fourth-order valence-electron chi connectivity index (χ4n) is 1.61. The Balaban J connectivity index is 2.18. The molecule has 6 heteroatoms. The summed E-state index contributed by atoms with van der Waals surface area (Å²) in [5.74, 6) is 1.04. The molecule has 5 nitrogen and oxygen atoms in total. The smallest absolute Gasteiger partial charge is 0.138 e. The Morgan fingerprint density at radius 1 is 1.26 bits per heavy atom. The number of aliphatic hydroxyl groups excluding tert-OH is 1. The van der Waals surface area contributed by atoms with Crippen LogP contribution in [0.2, 0.25) is 0 Å². The van der Waals surface area contributed by atoms with Crippen LogP contribution >= 0.6 is 0 Å². The molecule has 0 fully saturated rings. The van der Waals surface area contributed by atoms with Gasteiger partial charge in [-0.3, -0.25) is 0 Å². The molecule has 1 aromatic heterocycles. The zero-order chi connectivity index (χ0) is 13.7. The highest BCUT2D eigenvalue weighted by molar-refractivity contribution is 5.61. The van der Waals surface area contributed by atoms with Crippen molar-refractivity contribution in [1.29, 1.82) is 0 Å². The molecular weight excluding hydrogens is 247 g/mol. The van der Waals surface area contributed by atoms with Gasteiger partial charge in [-0.1, -0.05) is 0 Å². The number of halogens is 1. The molecule has 2 N–H and O–H groups in total. The van der Waals surface area contributed by atoms with Gasteiger partial charge in [0.15, 0.2) is 0 Å². The van der Waals surface area contributed by atoms with Crippen LogP contribution in [-0.2, 0) is 0 Å². The molecule has 100 valence electrons. The molecule has 0 amide bonds. The fraction of sp³-hybridized carbons (Fsp3) is 0.231. The highest BCUT2D eigenvalue weighted by atomic mass is 19.1. The number of aliphatic hydroxyl groups is 1. The Labute approximate surface area is 110 Å². The molecule has 0 atom stereocenters. The first-order chi connectivity index (χ1) is 9.20. The molecule has 2 rings (SSSR count). The third-order valence-corrected chi connectivity index (χ3v) is 2.63. The number of benzene rings is 1. The van der Waals surface area contributed by atoms with Gasteiger partial charge in [-0.25, -0.2) is 14.4 Å². The minimum atomic E-state index is -0.273. The Morgan fingerprint density at radius 3 is 2.68 bits per heavy atom. The van der Waals surface area contributed by atoms with E-state index < -0.39 is 0 Å². The number of hydrogen-bond donors (Lipinski definition) is 2. The van der Waals surface area contributed by atoms with Gasteiger partial charge in [0, 0.05) is 25.3 Å². The van der Waals surface area contributed by atoms with E-state index in [2.05, 4.69) is 15.3 Å². The van der Waals surface area contributed by atoms with Crippen LogP contribution in [0.4, 0.5) is 21.7 Å². The van der Waals surface area contributed by atoms with Crippen molar-refractivity contribution < 1.29 is 9.50 Å². The molecule has 0 bridgehead atoms. The average molecular weight is 262 g/mol. The van der Waals surface area contributed by atoms with Crippen LogP contribution in [-0.4, -0.2) is 35.3 Å². The van der Waals surface area contributed by atoms with Gasteiger partial charge in [0.25, 0.3) is 0 Å². The summed E-state index contributed by atoms with van der Waals surface area (Å²) in [5, 5.41) is 11.7. The predicted molar refractivity (Wildman–Crippen MR) is 72.1 cm³/mol. The van der Waals surface area contributed by atoms with Gasteiger partial charge in [-0.05, 0) is 24.3 Å². The molecule has 0 saturated heterocycles. The largest absolute Gasteiger partial charge is 0.395 e. The maximum atomic E-state index is 12.9. The lowest BCUT2D eigenvalue weighted by Crippen LogP contribution is -2.13. The summed E-state index contributed by atoms with van der Waals surface area (Å²) in [5.41, 5.74) is 0.827. The maximum absolute atomic E-state index is 12.9. The molecule has 0 aliphatic heterocycles. The third kappa shape index (κ3) is 3.38. The Bertz CT molecular complexity index is 532. The molecule has 2 aromatic rings. The molecule has 1 aromatic carbocycles. The first-order valence-corrected chi connectivity index (χ1v) is 5.87. The van der Waals surface area contributed by atoms with E-state index in [0.29, 0.717) is 18.2 Å². The second-order valence-corrected chi connectivity index (χ2v) is 3.95. The summed E-state index contributed by atoms with van der Waals surface area (Å²) in [4.78, 5) is 10.0. The SMILES string of the molecule is CN(c1ccc(F)cc1)c1cc(NCCO)ncn1. The van der Waals surface area contributed by atoms with Crippen LogP contribution in [0, 0.1) is 5.82 Å². The van der Waals surface area contributed by atoms with E-state index in [1.54, 1.807) is 18.2 Å². The first-order valence-electron chi connectivity index (χ1n) is 5.87. The van der Waals surface area contributed by atoms with Crippen LogP contribution in [0.1, 0.15) is 0 Å². The molecule has 19 heavy (non-hydrogen) atoms. The summed E-state index contributed by atoms with van der Waals surface area (Å²) >= 11 is 0. The Kier molecular flexibility index (Phi) is 4.25. The standard InChI is InChI=1S/C13H15FN4O/c1-18(11-4-2-10(14)3-5-11)13-8-12(15-6-7-19)16-9-17-13/h2-5,8-9,19H,6-7H2,1H3,(H,15,16,17). The lowest BCUT2D eigenvalue weighted by atomic mass is 10.3. The zero-order valence-electron chi connectivity index (χ0n) is 10.5. The van der Waals surface area contributed by atoms with E-state index in [-0.39, 0.29) is 12.4 Å². The zero-order valence-corrected chi connectivity index (χ0v) is 10.5. The number of hydrogen-bond acceptors (Lipinski definition) is 5. The number of aromatic nitrogens is 2. The summed E-state index contributed by atoms with van der Waals surface area (Å²) in [6, 6.07) is 7.92. The van der Waals surface area contributed by atoms with Crippen molar-refractivity contribution in [1.82, 2.24) is 9.97 Å². The van der Waals surface area contributed by atoms with E-state index >= 15 is 0 Å². The number of anilines is 3. The summed E-state index contributed by atoms with van der Waals surface area (Å²) in [6.45, 7) is 0.462. The van der Waals surface area contributed by atoms with E-state index in [4.69, 9.17) is 5.11 Å². The lowest BCUT2D eigenvalue weighted by Gasteiger charge is -2.18. The summed E-state index contributed by atoms with van der Waals surface area (Å²) in [6.07, 6.45) is 1.44. The van der Waals surface area contributed by atoms with Crippen LogP contribution in [0.15, 0.2) is 36.7 Å². The van der Waals surface area contributed by atoms with Crippen LogP contribution in [0.25, 0.3) is 0 Å². The van der Waals surface area contributed by atoms with Crippen LogP contribution in [0.3, 0.4) is 0 Å². The maximum Gasteiger partial charge on any atom is 0.138 e. The van der Waals surface area contributed by atoms with Gasteiger partial charge in [0.2, 0.25) is 0 Å². The van der Waals surface area contributed by atoms with Crippen LogP contribution in [0.5, 0.6) is 0 Å². The van der Waals surface area contributed by atoms with Crippen molar-refractivity contribution >= 4 is 17.3 Å². The monoisotopic (exact) mass is 262 g/mol. The second-order valence-electron chi connectivity index (χ2n) is 3.95. The topological polar surface area (TPSA) is 61.3 Å². The molecular formula is C13H15FN4O. The van der Waals surface area contributed by atoms with Crippen molar-refractivity contribution in [2.45, 2.75) is 0 Å². The van der Waals surface area contributed by atoms with Crippen molar-refractivity contribution in [3.63, 3.8) is 0 Å². The normalized spacial score (nSPS) is 10.3. The highest BCUT2D eigenvalue weighted by Gasteiger charge is 2.06. The van der Waals surface area contributed by atoms with Crippen molar-refractivity contribution in [3.05, 3.63) is 42.5 Å². The van der Waals surface area contributed by atoms with Gasteiger partial charge in [-0.15, -0.1) is 0 Å².